The normalized spacial score (nSPS) is 29.0. The van der Waals surface area contributed by atoms with Crippen LogP contribution < -0.4 is 0 Å². The van der Waals surface area contributed by atoms with Gasteiger partial charge in [-0.25, -0.2) is 0 Å². The van der Waals surface area contributed by atoms with Crippen LogP contribution in [0.3, 0.4) is 0 Å². The van der Waals surface area contributed by atoms with E-state index in [9.17, 15) is 9.59 Å². The molecular weight excluding hydrogens is 232 g/mol. The maximum absolute atomic E-state index is 12.1. The Kier molecular flexibility index (Phi) is 3.90. The van der Waals surface area contributed by atoms with E-state index < -0.39 is 11.9 Å². The molecule has 0 aromatic rings. The van der Waals surface area contributed by atoms with Crippen LogP contribution in [0, 0.1) is 11.8 Å². The summed E-state index contributed by atoms with van der Waals surface area (Å²) in [6.07, 6.45) is 2.52. The number of hydrogen-bond donors (Lipinski definition) is 1. The van der Waals surface area contributed by atoms with Gasteiger partial charge in [-0.05, 0) is 25.8 Å². The number of likely N-dealkylation sites (tertiary alicyclic amines) is 1. The minimum Gasteiger partial charge on any atom is -0.481 e. The molecule has 2 atom stereocenters. The summed E-state index contributed by atoms with van der Waals surface area (Å²) >= 11 is 0. The lowest BCUT2D eigenvalue weighted by atomic mass is 10.0. The molecule has 5 heteroatoms. The first-order valence-corrected chi connectivity index (χ1v) is 6.76. The molecule has 2 rings (SSSR count). The first kappa shape index (κ1) is 13.3. The molecule has 18 heavy (non-hydrogen) atoms. The highest BCUT2D eigenvalue weighted by atomic mass is 16.4. The molecule has 0 radical (unpaired) electrons. The molecule has 0 aromatic heterocycles. The molecule has 1 amide bonds. The third-order valence-corrected chi connectivity index (χ3v) is 4.32. The minimum absolute atomic E-state index is 0.0253. The molecule has 1 saturated carbocycles. The second kappa shape index (κ2) is 5.26. The van der Waals surface area contributed by atoms with Gasteiger partial charge in [0.25, 0.3) is 0 Å². The quantitative estimate of drug-likeness (QED) is 0.800. The van der Waals surface area contributed by atoms with Crippen molar-refractivity contribution in [3.63, 3.8) is 0 Å². The number of carboxylic acids is 1. The Morgan fingerprint density at radius 1 is 1.28 bits per heavy atom. The molecule has 0 unspecified atom stereocenters. The van der Waals surface area contributed by atoms with Gasteiger partial charge in [-0.1, -0.05) is 6.92 Å². The number of aliphatic carboxylic acids is 1. The molecule has 1 aliphatic heterocycles. The van der Waals surface area contributed by atoms with Crippen LogP contribution in [0.15, 0.2) is 0 Å². The highest BCUT2D eigenvalue weighted by Crippen LogP contribution is 2.40. The Balaban J connectivity index is 1.83. The molecule has 2 fully saturated rings. The van der Waals surface area contributed by atoms with Gasteiger partial charge in [0.05, 0.1) is 11.8 Å². The molecular formula is C13H22N2O3. The highest BCUT2D eigenvalue weighted by molar-refractivity contribution is 5.89. The smallest absolute Gasteiger partial charge is 0.307 e. The first-order chi connectivity index (χ1) is 8.54. The predicted molar refractivity (Wildman–Crippen MR) is 67.1 cm³/mol. The molecule has 1 aliphatic carbocycles. The molecule has 102 valence electrons. The Hall–Kier alpha value is -1.10. The number of piperidine rings is 1. The van der Waals surface area contributed by atoms with Crippen LogP contribution in [0.5, 0.6) is 0 Å². The van der Waals surface area contributed by atoms with Crippen LogP contribution in [-0.2, 0) is 9.59 Å². The van der Waals surface area contributed by atoms with Crippen LogP contribution in [0.1, 0.15) is 26.2 Å². The van der Waals surface area contributed by atoms with Crippen molar-refractivity contribution < 1.29 is 14.7 Å². The average Bonchev–Trinajstić information content (AvgIpc) is 3.17. The average molecular weight is 254 g/mol. The van der Waals surface area contributed by atoms with Gasteiger partial charge in [-0.2, -0.15) is 0 Å². The third kappa shape index (κ3) is 2.66. The highest BCUT2D eigenvalue weighted by Gasteiger charge is 2.50. The van der Waals surface area contributed by atoms with E-state index in [2.05, 4.69) is 11.8 Å². The number of carbonyl (C=O) groups is 2. The minimum atomic E-state index is -0.831. The summed E-state index contributed by atoms with van der Waals surface area (Å²) in [6.45, 7) is 5.28. The summed E-state index contributed by atoms with van der Waals surface area (Å²) in [7, 11) is 1.83. The van der Waals surface area contributed by atoms with Crippen LogP contribution >= 0.6 is 0 Å². The lowest BCUT2D eigenvalue weighted by Crippen LogP contribution is -2.46. The van der Waals surface area contributed by atoms with Crippen LogP contribution in [0.2, 0.25) is 0 Å². The van der Waals surface area contributed by atoms with Crippen molar-refractivity contribution in [2.45, 2.75) is 32.2 Å². The van der Waals surface area contributed by atoms with Crippen LogP contribution in [-0.4, -0.2) is 59.5 Å². The van der Waals surface area contributed by atoms with E-state index >= 15 is 0 Å². The molecule has 2 aliphatic rings. The van der Waals surface area contributed by atoms with Crippen molar-refractivity contribution in [3.8, 4) is 0 Å². The number of rotatable bonds is 4. The van der Waals surface area contributed by atoms with E-state index in [0.29, 0.717) is 6.42 Å². The van der Waals surface area contributed by atoms with Gasteiger partial charge in [0.2, 0.25) is 5.91 Å². The number of hydrogen-bond acceptors (Lipinski definition) is 3. The number of carboxylic acid groups (broad SMARTS) is 1. The second-order valence-electron chi connectivity index (χ2n) is 5.40. The molecule has 1 saturated heterocycles. The Morgan fingerprint density at radius 3 is 2.33 bits per heavy atom. The topological polar surface area (TPSA) is 60.9 Å². The largest absolute Gasteiger partial charge is 0.481 e. The third-order valence-electron chi connectivity index (χ3n) is 4.32. The molecule has 0 spiro atoms. The molecule has 0 bridgehead atoms. The fourth-order valence-electron chi connectivity index (χ4n) is 2.81. The van der Waals surface area contributed by atoms with Crippen molar-refractivity contribution in [2.75, 3.05) is 26.7 Å². The fourth-order valence-corrected chi connectivity index (χ4v) is 2.81. The first-order valence-electron chi connectivity index (χ1n) is 6.76. The molecule has 5 nitrogen and oxygen atoms in total. The Morgan fingerprint density at radius 2 is 1.89 bits per heavy atom. The van der Waals surface area contributed by atoms with E-state index in [1.165, 1.54) is 0 Å². The standard InChI is InChI=1S/C13H22N2O3/c1-3-15-6-4-9(5-7-15)14(2)12(16)10-8-11(10)13(17)18/h9-11H,3-8H2,1-2H3,(H,17,18)/t10-,11+/m1/s1. The van der Waals surface area contributed by atoms with E-state index in [1.807, 2.05) is 7.05 Å². The zero-order valence-electron chi connectivity index (χ0n) is 11.1. The number of carbonyl (C=O) groups excluding carboxylic acids is 1. The van der Waals surface area contributed by atoms with Crippen molar-refractivity contribution in [1.29, 1.82) is 0 Å². The zero-order chi connectivity index (χ0) is 13.3. The van der Waals surface area contributed by atoms with E-state index in [-0.39, 0.29) is 17.9 Å². The van der Waals surface area contributed by atoms with Crippen molar-refractivity contribution in [3.05, 3.63) is 0 Å². The molecule has 1 N–H and O–H groups in total. The summed E-state index contributed by atoms with van der Waals surface area (Å²) in [5, 5.41) is 8.85. The van der Waals surface area contributed by atoms with Crippen LogP contribution in [0.4, 0.5) is 0 Å². The van der Waals surface area contributed by atoms with Gasteiger partial charge in [0, 0.05) is 26.2 Å². The van der Waals surface area contributed by atoms with Gasteiger partial charge in [-0.3, -0.25) is 9.59 Å². The maximum atomic E-state index is 12.1. The van der Waals surface area contributed by atoms with Crippen molar-refractivity contribution in [1.82, 2.24) is 9.80 Å². The van der Waals surface area contributed by atoms with Gasteiger partial charge in [-0.15, -0.1) is 0 Å². The molecule has 1 heterocycles. The maximum Gasteiger partial charge on any atom is 0.307 e. The predicted octanol–water partition coefficient (Wildman–Crippen LogP) is 0.650. The zero-order valence-corrected chi connectivity index (χ0v) is 11.1. The lowest BCUT2D eigenvalue weighted by Gasteiger charge is -2.36. The van der Waals surface area contributed by atoms with E-state index in [1.54, 1.807) is 4.90 Å². The Labute approximate surface area is 108 Å². The van der Waals surface area contributed by atoms with E-state index in [4.69, 9.17) is 5.11 Å². The van der Waals surface area contributed by atoms with Gasteiger partial charge in [0.15, 0.2) is 0 Å². The fraction of sp³-hybridized carbons (Fsp3) is 0.846. The summed E-state index contributed by atoms with van der Waals surface area (Å²) in [6, 6.07) is 0.287. The number of nitrogens with zero attached hydrogens (tertiary/aromatic N) is 2. The Bertz CT molecular complexity index is 337. The van der Waals surface area contributed by atoms with E-state index in [0.717, 1.165) is 32.5 Å². The van der Waals surface area contributed by atoms with Gasteiger partial charge in [0.1, 0.15) is 0 Å². The monoisotopic (exact) mass is 254 g/mol. The van der Waals surface area contributed by atoms with Gasteiger partial charge >= 0.3 is 5.97 Å². The summed E-state index contributed by atoms with van der Waals surface area (Å²) < 4.78 is 0. The lowest BCUT2D eigenvalue weighted by molar-refractivity contribution is -0.142. The summed E-state index contributed by atoms with van der Waals surface area (Å²) in [5.74, 6) is -1.51. The second-order valence-corrected chi connectivity index (χ2v) is 5.40. The number of amides is 1. The van der Waals surface area contributed by atoms with Gasteiger partial charge < -0.3 is 14.9 Å². The summed E-state index contributed by atoms with van der Waals surface area (Å²) in [4.78, 5) is 27.1. The molecule has 0 aromatic carbocycles. The SMILES string of the molecule is CCN1CCC(N(C)C(=O)[C@@H]2C[C@@H]2C(=O)O)CC1. The van der Waals surface area contributed by atoms with Crippen molar-refractivity contribution in [2.24, 2.45) is 11.8 Å². The summed E-state index contributed by atoms with van der Waals surface area (Å²) in [5.41, 5.74) is 0. The van der Waals surface area contributed by atoms with Crippen molar-refractivity contribution >= 4 is 11.9 Å². The van der Waals surface area contributed by atoms with Crippen LogP contribution in [0.25, 0.3) is 0 Å².